The molecule has 0 aliphatic rings. The Bertz CT molecular complexity index is 553. The average Bonchev–Trinajstić information content (AvgIpc) is 2.85. The first-order valence-electron chi connectivity index (χ1n) is 5.58. The van der Waals surface area contributed by atoms with E-state index < -0.39 is 12.0 Å². The molecule has 0 saturated carbocycles. The van der Waals surface area contributed by atoms with E-state index in [0.29, 0.717) is 18.1 Å². The summed E-state index contributed by atoms with van der Waals surface area (Å²) in [6.45, 7) is 2.32. The number of rotatable bonds is 4. The fraction of sp³-hybridized carbons (Fsp3) is 0.364. The topological polar surface area (TPSA) is 50.7 Å². The zero-order chi connectivity index (χ0) is 13.9. The SMILES string of the molecule is CCc1cccnc1CNc1nc(C(F)(F)F)ns1. The van der Waals surface area contributed by atoms with Crippen LogP contribution in [0.1, 0.15) is 24.0 Å². The highest BCUT2D eigenvalue weighted by Crippen LogP contribution is 2.29. The summed E-state index contributed by atoms with van der Waals surface area (Å²) in [7, 11) is 0. The normalized spacial score (nSPS) is 11.6. The number of nitrogens with zero attached hydrogens (tertiary/aromatic N) is 3. The van der Waals surface area contributed by atoms with E-state index in [1.54, 1.807) is 6.20 Å². The Labute approximate surface area is 111 Å². The lowest BCUT2D eigenvalue weighted by molar-refractivity contribution is -0.144. The summed E-state index contributed by atoms with van der Waals surface area (Å²) in [6, 6.07) is 3.76. The summed E-state index contributed by atoms with van der Waals surface area (Å²) in [4.78, 5) is 7.59. The first kappa shape index (κ1) is 13.7. The molecular weight excluding hydrogens is 277 g/mol. The van der Waals surface area contributed by atoms with Gasteiger partial charge in [-0.1, -0.05) is 13.0 Å². The molecule has 2 heterocycles. The van der Waals surface area contributed by atoms with E-state index in [1.807, 2.05) is 19.1 Å². The molecule has 0 fully saturated rings. The molecule has 2 aromatic rings. The van der Waals surface area contributed by atoms with Gasteiger partial charge in [0.1, 0.15) is 0 Å². The molecule has 0 saturated heterocycles. The molecular formula is C11H11F3N4S. The summed E-state index contributed by atoms with van der Waals surface area (Å²) in [5.41, 5.74) is 1.85. The first-order valence-corrected chi connectivity index (χ1v) is 6.35. The quantitative estimate of drug-likeness (QED) is 0.939. The summed E-state index contributed by atoms with van der Waals surface area (Å²) < 4.78 is 40.2. The maximum atomic E-state index is 12.3. The van der Waals surface area contributed by atoms with Gasteiger partial charge < -0.3 is 5.32 Å². The molecule has 2 aromatic heterocycles. The number of halogens is 3. The van der Waals surface area contributed by atoms with Crippen LogP contribution in [-0.2, 0) is 19.1 Å². The van der Waals surface area contributed by atoms with Crippen LogP contribution in [0.3, 0.4) is 0 Å². The second-order valence-corrected chi connectivity index (χ2v) is 4.49. The predicted octanol–water partition coefficient (Wildman–Crippen LogP) is 3.13. The van der Waals surface area contributed by atoms with Gasteiger partial charge in [-0.05, 0) is 18.1 Å². The summed E-state index contributed by atoms with van der Waals surface area (Å²) >= 11 is 0.689. The molecule has 0 unspecified atom stereocenters. The molecule has 2 rings (SSSR count). The van der Waals surface area contributed by atoms with E-state index in [0.717, 1.165) is 17.7 Å². The highest BCUT2D eigenvalue weighted by atomic mass is 32.1. The van der Waals surface area contributed by atoms with Gasteiger partial charge in [-0.25, -0.2) is 0 Å². The van der Waals surface area contributed by atoms with Gasteiger partial charge >= 0.3 is 6.18 Å². The van der Waals surface area contributed by atoms with Gasteiger partial charge in [0, 0.05) is 17.7 Å². The second kappa shape index (κ2) is 5.52. The fourth-order valence-corrected chi connectivity index (χ4v) is 2.10. The van der Waals surface area contributed by atoms with Crippen molar-refractivity contribution in [2.24, 2.45) is 0 Å². The second-order valence-electron chi connectivity index (χ2n) is 3.74. The molecule has 0 aliphatic heterocycles. The van der Waals surface area contributed by atoms with Crippen molar-refractivity contribution in [3.63, 3.8) is 0 Å². The maximum Gasteiger partial charge on any atom is 0.452 e. The zero-order valence-corrected chi connectivity index (χ0v) is 10.8. The molecule has 0 bridgehead atoms. The van der Waals surface area contributed by atoms with Crippen LogP contribution in [0.25, 0.3) is 0 Å². The number of pyridine rings is 1. The molecule has 0 aromatic carbocycles. The number of alkyl halides is 3. The lowest BCUT2D eigenvalue weighted by atomic mass is 10.1. The molecule has 0 atom stereocenters. The Morgan fingerprint density at radius 2 is 2.16 bits per heavy atom. The van der Waals surface area contributed by atoms with E-state index >= 15 is 0 Å². The molecule has 8 heteroatoms. The third-order valence-electron chi connectivity index (χ3n) is 2.45. The van der Waals surface area contributed by atoms with Gasteiger partial charge in [-0.2, -0.15) is 22.5 Å². The van der Waals surface area contributed by atoms with Crippen LogP contribution >= 0.6 is 11.5 Å². The molecule has 4 nitrogen and oxygen atoms in total. The van der Waals surface area contributed by atoms with Crippen molar-refractivity contribution in [2.75, 3.05) is 5.32 Å². The van der Waals surface area contributed by atoms with Crippen molar-refractivity contribution in [3.05, 3.63) is 35.4 Å². The van der Waals surface area contributed by atoms with Crippen LogP contribution < -0.4 is 5.32 Å². The molecule has 0 amide bonds. The number of hydrogen-bond donors (Lipinski definition) is 1. The smallest absolute Gasteiger partial charge is 0.355 e. The lowest BCUT2D eigenvalue weighted by Gasteiger charge is -2.06. The number of anilines is 1. The molecule has 0 aliphatic carbocycles. The van der Waals surface area contributed by atoms with Gasteiger partial charge in [0.2, 0.25) is 11.0 Å². The van der Waals surface area contributed by atoms with Crippen LogP contribution in [0, 0.1) is 0 Å². The Morgan fingerprint density at radius 1 is 1.37 bits per heavy atom. The monoisotopic (exact) mass is 288 g/mol. The molecule has 0 spiro atoms. The zero-order valence-electron chi connectivity index (χ0n) is 10.0. The largest absolute Gasteiger partial charge is 0.452 e. The van der Waals surface area contributed by atoms with Crippen LogP contribution in [-0.4, -0.2) is 14.3 Å². The first-order chi connectivity index (χ1) is 9.00. The van der Waals surface area contributed by atoms with Crippen molar-refractivity contribution in [1.82, 2.24) is 14.3 Å². The average molecular weight is 288 g/mol. The Balaban J connectivity index is 2.05. The Morgan fingerprint density at radius 3 is 2.79 bits per heavy atom. The number of hydrogen-bond acceptors (Lipinski definition) is 5. The van der Waals surface area contributed by atoms with Crippen molar-refractivity contribution in [1.29, 1.82) is 0 Å². The third-order valence-corrected chi connectivity index (χ3v) is 3.12. The molecule has 19 heavy (non-hydrogen) atoms. The van der Waals surface area contributed by atoms with Crippen LogP contribution in [0.5, 0.6) is 0 Å². The van der Waals surface area contributed by atoms with Gasteiger partial charge in [0.05, 0.1) is 12.2 Å². The van der Waals surface area contributed by atoms with Gasteiger partial charge in [0.25, 0.3) is 0 Å². The Hall–Kier alpha value is -1.70. The summed E-state index contributed by atoms with van der Waals surface area (Å²) in [6.07, 6.45) is -2.04. The predicted molar refractivity (Wildman–Crippen MR) is 65.9 cm³/mol. The van der Waals surface area contributed by atoms with E-state index in [9.17, 15) is 13.2 Å². The van der Waals surface area contributed by atoms with Crippen molar-refractivity contribution >= 4 is 16.7 Å². The fourth-order valence-electron chi connectivity index (χ4n) is 1.52. The van der Waals surface area contributed by atoms with Crippen LogP contribution in [0.2, 0.25) is 0 Å². The van der Waals surface area contributed by atoms with Crippen LogP contribution in [0.4, 0.5) is 18.3 Å². The highest BCUT2D eigenvalue weighted by Gasteiger charge is 2.36. The lowest BCUT2D eigenvalue weighted by Crippen LogP contribution is -2.08. The third kappa shape index (κ3) is 3.40. The summed E-state index contributed by atoms with van der Waals surface area (Å²) in [5.74, 6) is -1.11. The number of aryl methyl sites for hydroxylation is 1. The molecule has 0 radical (unpaired) electrons. The maximum absolute atomic E-state index is 12.3. The Kier molecular flexibility index (Phi) is 3.98. The molecule has 1 N–H and O–H groups in total. The van der Waals surface area contributed by atoms with Crippen molar-refractivity contribution < 1.29 is 13.2 Å². The van der Waals surface area contributed by atoms with E-state index in [-0.39, 0.29) is 5.13 Å². The van der Waals surface area contributed by atoms with E-state index in [4.69, 9.17) is 0 Å². The van der Waals surface area contributed by atoms with Gasteiger partial charge in [-0.15, -0.1) is 0 Å². The number of aromatic nitrogens is 3. The molecule has 102 valence electrons. The minimum Gasteiger partial charge on any atom is -0.355 e. The van der Waals surface area contributed by atoms with Crippen LogP contribution in [0.15, 0.2) is 18.3 Å². The van der Waals surface area contributed by atoms with Gasteiger partial charge in [0.15, 0.2) is 0 Å². The standard InChI is InChI=1S/C11H11F3N4S/c1-2-7-4-3-5-15-8(7)6-16-10-17-9(18-19-10)11(12,13)14/h3-5H,2,6H2,1H3,(H,16,17,18). The minimum absolute atomic E-state index is 0.139. The van der Waals surface area contributed by atoms with E-state index in [2.05, 4.69) is 19.7 Å². The van der Waals surface area contributed by atoms with Gasteiger partial charge in [-0.3, -0.25) is 4.98 Å². The van der Waals surface area contributed by atoms with E-state index in [1.165, 1.54) is 0 Å². The summed E-state index contributed by atoms with van der Waals surface area (Å²) in [5, 5.41) is 2.95. The number of nitrogens with one attached hydrogen (secondary N) is 1. The highest BCUT2D eigenvalue weighted by molar-refractivity contribution is 7.09. The van der Waals surface area contributed by atoms with Crippen molar-refractivity contribution in [2.45, 2.75) is 26.1 Å². The minimum atomic E-state index is -4.50. The van der Waals surface area contributed by atoms with Crippen molar-refractivity contribution in [3.8, 4) is 0 Å².